The van der Waals surface area contributed by atoms with Gasteiger partial charge in [0.2, 0.25) is 0 Å². The summed E-state index contributed by atoms with van der Waals surface area (Å²) in [7, 11) is 0. The van der Waals surface area contributed by atoms with Gasteiger partial charge in [-0.3, -0.25) is 9.36 Å². The number of ketones is 1. The Kier molecular flexibility index (Phi) is 4.59. The van der Waals surface area contributed by atoms with Crippen LogP contribution in [0.15, 0.2) is 53.3 Å². The molecule has 6 heteroatoms. The van der Waals surface area contributed by atoms with E-state index in [0.29, 0.717) is 27.0 Å². The average molecular weight is 391 g/mol. The van der Waals surface area contributed by atoms with Gasteiger partial charge in [0.15, 0.2) is 5.78 Å². The van der Waals surface area contributed by atoms with Crippen molar-refractivity contribution >= 4 is 33.3 Å². The summed E-state index contributed by atoms with van der Waals surface area (Å²) in [5.41, 5.74) is 1.73. The number of aromatic nitrogens is 3. The van der Waals surface area contributed by atoms with Crippen LogP contribution in [-0.2, 0) is 6.42 Å². The molecule has 0 spiro atoms. The topological polar surface area (TPSA) is 47.8 Å². The van der Waals surface area contributed by atoms with Crippen LogP contribution in [0.2, 0.25) is 5.02 Å². The third-order valence-electron chi connectivity index (χ3n) is 3.53. The van der Waals surface area contributed by atoms with Gasteiger partial charge in [-0.25, -0.2) is 0 Å². The van der Waals surface area contributed by atoms with Crippen LogP contribution in [0.3, 0.4) is 0 Å². The van der Waals surface area contributed by atoms with Crippen LogP contribution in [0, 0.1) is 0 Å². The molecule has 0 unspecified atom stereocenters. The second kappa shape index (κ2) is 6.64. The molecule has 3 aromatic rings. The lowest BCUT2D eigenvalue weighted by Crippen LogP contribution is -2.10. The van der Waals surface area contributed by atoms with Crippen LogP contribution in [0.4, 0.5) is 0 Å². The van der Waals surface area contributed by atoms with E-state index < -0.39 is 0 Å². The predicted molar refractivity (Wildman–Crippen MR) is 93.3 cm³/mol. The maximum atomic E-state index is 13.0. The lowest BCUT2D eigenvalue weighted by Gasteiger charge is -2.13. The van der Waals surface area contributed by atoms with Gasteiger partial charge in [0.25, 0.3) is 0 Å². The van der Waals surface area contributed by atoms with Gasteiger partial charge in [-0.05, 0) is 40.2 Å². The largest absolute Gasteiger partial charge is 0.288 e. The highest BCUT2D eigenvalue weighted by Crippen LogP contribution is 2.29. The molecule has 0 radical (unpaired) electrons. The van der Waals surface area contributed by atoms with Crippen molar-refractivity contribution in [3.8, 4) is 5.69 Å². The molecular weight excluding hydrogens is 378 g/mol. The van der Waals surface area contributed by atoms with E-state index in [-0.39, 0.29) is 5.78 Å². The fourth-order valence-electron chi connectivity index (χ4n) is 2.42. The van der Waals surface area contributed by atoms with Crippen molar-refractivity contribution < 1.29 is 4.79 Å². The Morgan fingerprint density at radius 3 is 2.74 bits per heavy atom. The Balaban J connectivity index is 2.20. The van der Waals surface area contributed by atoms with E-state index >= 15 is 0 Å². The van der Waals surface area contributed by atoms with Crippen molar-refractivity contribution in [1.29, 1.82) is 0 Å². The van der Waals surface area contributed by atoms with Crippen molar-refractivity contribution in [2.75, 3.05) is 0 Å². The molecule has 23 heavy (non-hydrogen) atoms. The summed E-state index contributed by atoms with van der Waals surface area (Å²) in [6.45, 7) is 1.99. The van der Waals surface area contributed by atoms with Crippen molar-refractivity contribution in [3.05, 3.63) is 75.2 Å². The molecule has 1 aromatic heterocycles. The number of aryl methyl sites for hydroxylation is 1. The van der Waals surface area contributed by atoms with Crippen molar-refractivity contribution in [2.24, 2.45) is 0 Å². The molecule has 0 aliphatic carbocycles. The van der Waals surface area contributed by atoms with Crippen LogP contribution in [0.25, 0.3) is 5.69 Å². The molecule has 0 amide bonds. The summed E-state index contributed by atoms with van der Waals surface area (Å²) < 4.78 is 2.53. The van der Waals surface area contributed by atoms with Crippen molar-refractivity contribution in [2.45, 2.75) is 13.3 Å². The lowest BCUT2D eigenvalue weighted by molar-refractivity contribution is 0.103. The molecule has 4 nitrogen and oxygen atoms in total. The first-order valence-corrected chi connectivity index (χ1v) is 8.27. The van der Waals surface area contributed by atoms with Crippen LogP contribution in [-0.4, -0.2) is 20.5 Å². The number of benzene rings is 2. The van der Waals surface area contributed by atoms with Crippen LogP contribution >= 0.6 is 27.5 Å². The molecule has 0 bridgehead atoms. The van der Waals surface area contributed by atoms with Crippen molar-refractivity contribution in [1.82, 2.24) is 14.8 Å². The third kappa shape index (κ3) is 2.94. The van der Waals surface area contributed by atoms with Crippen LogP contribution in [0.5, 0.6) is 0 Å². The number of rotatable bonds is 4. The minimum atomic E-state index is -0.145. The minimum Gasteiger partial charge on any atom is -0.288 e. The van der Waals surface area contributed by atoms with Crippen LogP contribution in [0.1, 0.15) is 28.7 Å². The van der Waals surface area contributed by atoms with Crippen molar-refractivity contribution in [3.63, 3.8) is 0 Å². The van der Waals surface area contributed by atoms with Gasteiger partial charge >= 0.3 is 0 Å². The summed E-state index contributed by atoms with van der Waals surface area (Å²) in [6.07, 6.45) is 2.33. The monoisotopic (exact) mass is 389 g/mol. The first-order valence-electron chi connectivity index (χ1n) is 7.10. The molecule has 0 fully saturated rings. The minimum absolute atomic E-state index is 0.145. The van der Waals surface area contributed by atoms with E-state index in [1.165, 1.54) is 0 Å². The second-order valence-electron chi connectivity index (χ2n) is 4.91. The van der Waals surface area contributed by atoms with E-state index in [1.807, 2.05) is 29.7 Å². The molecule has 0 N–H and O–H groups in total. The predicted octanol–water partition coefficient (Wildman–Crippen LogP) is 4.48. The Morgan fingerprint density at radius 2 is 2.00 bits per heavy atom. The molecule has 0 aliphatic heterocycles. The zero-order chi connectivity index (χ0) is 16.4. The summed E-state index contributed by atoms with van der Waals surface area (Å²) in [4.78, 5) is 13.0. The Morgan fingerprint density at radius 1 is 1.22 bits per heavy atom. The fraction of sp³-hybridized carbons (Fsp3) is 0.118. The quantitative estimate of drug-likeness (QED) is 0.617. The maximum absolute atomic E-state index is 13.0. The molecule has 0 saturated carbocycles. The lowest BCUT2D eigenvalue weighted by atomic mass is 10.0. The second-order valence-corrected chi connectivity index (χ2v) is 6.18. The van der Waals surface area contributed by atoms with Gasteiger partial charge in [-0.1, -0.05) is 36.7 Å². The van der Waals surface area contributed by atoms with E-state index in [0.717, 1.165) is 11.5 Å². The zero-order valence-corrected chi connectivity index (χ0v) is 14.7. The summed E-state index contributed by atoms with van der Waals surface area (Å²) in [5, 5.41) is 8.47. The smallest absolute Gasteiger partial charge is 0.197 e. The number of hydrogen-bond donors (Lipinski definition) is 0. The Hall–Kier alpha value is -1.98. The fourth-order valence-corrected chi connectivity index (χ4v) is 3.18. The van der Waals surface area contributed by atoms with Gasteiger partial charge in [0.05, 0.1) is 16.3 Å². The maximum Gasteiger partial charge on any atom is 0.197 e. The molecule has 0 atom stereocenters. The summed E-state index contributed by atoms with van der Waals surface area (Å²) in [6, 6.07) is 12.6. The number of hydrogen-bond acceptors (Lipinski definition) is 3. The van der Waals surface area contributed by atoms with Gasteiger partial charge in [0, 0.05) is 16.5 Å². The highest BCUT2D eigenvalue weighted by atomic mass is 79.9. The van der Waals surface area contributed by atoms with E-state index in [2.05, 4.69) is 26.1 Å². The first kappa shape index (κ1) is 15.9. The van der Waals surface area contributed by atoms with Gasteiger partial charge < -0.3 is 0 Å². The molecule has 2 aromatic carbocycles. The molecule has 116 valence electrons. The molecular formula is C17H13BrClN3O. The molecule has 0 aliphatic rings. The highest BCUT2D eigenvalue weighted by Gasteiger charge is 2.21. The highest BCUT2D eigenvalue weighted by molar-refractivity contribution is 9.10. The third-order valence-corrected chi connectivity index (χ3v) is 4.52. The number of carbonyl (C=O) groups excluding carboxylic acids is 1. The van der Waals surface area contributed by atoms with E-state index in [9.17, 15) is 4.79 Å². The number of halogens is 2. The van der Waals surface area contributed by atoms with Gasteiger partial charge in [0.1, 0.15) is 12.2 Å². The zero-order valence-electron chi connectivity index (χ0n) is 12.3. The Bertz CT molecular complexity index is 876. The van der Waals surface area contributed by atoms with Crippen LogP contribution < -0.4 is 0 Å². The normalized spacial score (nSPS) is 10.7. The average Bonchev–Trinajstić information content (AvgIpc) is 3.03. The SMILES string of the molecule is CCc1nncn1-c1cccc(Br)c1C(=O)c1ccccc1Cl. The molecule has 0 saturated heterocycles. The molecule has 1 heterocycles. The number of nitrogens with zero attached hydrogens (tertiary/aromatic N) is 3. The summed E-state index contributed by atoms with van der Waals surface area (Å²) in [5.74, 6) is 0.644. The van der Waals surface area contributed by atoms with E-state index in [1.54, 1.807) is 30.6 Å². The molecule has 3 rings (SSSR count). The van der Waals surface area contributed by atoms with Gasteiger partial charge in [-0.2, -0.15) is 0 Å². The Labute approximate surface area is 147 Å². The summed E-state index contributed by atoms with van der Waals surface area (Å²) >= 11 is 9.67. The number of carbonyl (C=O) groups is 1. The van der Waals surface area contributed by atoms with Gasteiger partial charge in [-0.15, -0.1) is 10.2 Å². The van der Waals surface area contributed by atoms with E-state index in [4.69, 9.17) is 11.6 Å². The standard InChI is InChI=1S/C17H13BrClN3O/c1-2-15-21-20-10-22(15)14-9-5-7-12(18)16(14)17(23)11-6-3-4-8-13(11)19/h3-10H,2H2,1H3. The first-order chi connectivity index (χ1) is 11.1.